The lowest BCUT2D eigenvalue weighted by Crippen LogP contribution is -2.11. The first-order valence-electron chi connectivity index (χ1n) is 8.00. The molecule has 1 amide bonds. The number of amides is 1. The van der Waals surface area contributed by atoms with Crippen LogP contribution in [-0.2, 0) is 6.61 Å². The number of nitrogens with one attached hydrogen (secondary N) is 1. The van der Waals surface area contributed by atoms with Gasteiger partial charge in [0.15, 0.2) is 4.34 Å². The van der Waals surface area contributed by atoms with Gasteiger partial charge in [-0.15, -0.1) is 16.8 Å². The number of rotatable bonds is 8. The number of carbonyl (C=O) groups is 1. The molecule has 5 nitrogen and oxygen atoms in total. The Morgan fingerprint density at radius 1 is 1.22 bits per heavy atom. The van der Waals surface area contributed by atoms with Gasteiger partial charge in [0.2, 0.25) is 5.13 Å². The van der Waals surface area contributed by atoms with Crippen LogP contribution in [0, 0.1) is 0 Å². The summed E-state index contributed by atoms with van der Waals surface area (Å²) in [6.45, 7) is 4.02. The maximum absolute atomic E-state index is 12.3. The van der Waals surface area contributed by atoms with Crippen LogP contribution >= 0.6 is 34.7 Å². The van der Waals surface area contributed by atoms with Gasteiger partial charge in [0.1, 0.15) is 12.4 Å². The quantitative estimate of drug-likeness (QED) is 0.306. The zero-order valence-electron chi connectivity index (χ0n) is 14.2. The van der Waals surface area contributed by atoms with Gasteiger partial charge in [-0.1, -0.05) is 59.0 Å². The van der Waals surface area contributed by atoms with Crippen molar-refractivity contribution in [3.63, 3.8) is 0 Å². The Morgan fingerprint density at radius 3 is 2.74 bits per heavy atom. The average molecular weight is 418 g/mol. The molecule has 0 saturated carbocycles. The van der Waals surface area contributed by atoms with Crippen LogP contribution < -0.4 is 10.1 Å². The van der Waals surface area contributed by atoms with Crippen LogP contribution in [0.2, 0.25) is 5.02 Å². The first-order valence-corrected chi connectivity index (χ1v) is 10.2. The molecular formula is C19H16ClN3O2S2. The summed E-state index contributed by atoms with van der Waals surface area (Å²) in [5.41, 5.74) is 1.41. The number of halogens is 1. The lowest BCUT2D eigenvalue weighted by Gasteiger charge is -2.08. The molecule has 0 radical (unpaired) electrons. The molecule has 0 aliphatic carbocycles. The minimum absolute atomic E-state index is 0.246. The Balaban J connectivity index is 1.56. The van der Waals surface area contributed by atoms with E-state index in [0.717, 1.165) is 15.7 Å². The molecule has 3 aromatic rings. The van der Waals surface area contributed by atoms with Gasteiger partial charge in [0.25, 0.3) is 5.91 Å². The minimum Gasteiger partial charge on any atom is -0.489 e. The van der Waals surface area contributed by atoms with E-state index in [0.29, 0.717) is 28.1 Å². The summed E-state index contributed by atoms with van der Waals surface area (Å²) < 4.78 is 6.51. The van der Waals surface area contributed by atoms with Crippen LogP contribution in [0.4, 0.5) is 5.13 Å². The van der Waals surface area contributed by atoms with Gasteiger partial charge in [-0.2, -0.15) is 0 Å². The fraction of sp³-hybridized carbons (Fsp3) is 0.105. The van der Waals surface area contributed by atoms with Crippen molar-refractivity contribution in [2.45, 2.75) is 10.9 Å². The van der Waals surface area contributed by atoms with Crippen LogP contribution in [0.3, 0.4) is 0 Å². The number of hydrogen-bond acceptors (Lipinski definition) is 6. The standard InChI is InChI=1S/C19H16ClN3O2S2/c1-2-11-26-19-23-22-18(27-19)21-17(24)13-7-9-15(10-8-13)25-12-14-5-3-4-6-16(14)20/h2-10H,1,11-12H2,(H,21,22,24). The highest BCUT2D eigenvalue weighted by atomic mass is 35.5. The van der Waals surface area contributed by atoms with Crippen molar-refractivity contribution in [3.05, 3.63) is 77.3 Å². The number of benzene rings is 2. The zero-order valence-corrected chi connectivity index (χ0v) is 16.6. The number of anilines is 1. The summed E-state index contributed by atoms with van der Waals surface area (Å²) in [5, 5.41) is 11.9. The molecule has 27 heavy (non-hydrogen) atoms. The predicted molar refractivity (Wildman–Crippen MR) is 111 cm³/mol. The van der Waals surface area contributed by atoms with Crippen molar-refractivity contribution in [2.24, 2.45) is 0 Å². The number of thioether (sulfide) groups is 1. The summed E-state index contributed by atoms with van der Waals surface area (Å²) in [4.78, 5) is 12.3. The normalized spacial score (nSPS) is 10.4. The Labute approximate surface area is 170 Å². The Bertz CT molecular complexity index is 929. The predicted octanol–water partition coefficient (Wildman–Crippen LogP) is 5.30. The number of aromatic nitrogens is 2. The maximum atomic E-state index is 12.3. The van der Waals surface area contributed by atoms with E-state index >= 15 is 0 Å². The van der Waals surface area contributed by atoms with Crippen molar-refractivity contribution in [3.8, 4) is 5.75 Å². The van der Waals surface area contributed by atoms with Gasteiger partial charge in [0, 0.05) is 21.9 Å². The smallest absolute Gasteiger partial charge is 0.257 e. The number of ether oxygens (including phenoxy) is 1. The second-order valence-corrected chi connectivity index (χ2v) is 7.98. The first-order chi connectivity index (χ1) is 13.2. The number of carbonyl (C=O) groups excluding carboxylic acids is 1. The third-order valence-electron chi connectivity index (χ3n) is 3.42. The largest absolute Gasteiger partial charge is 0.489 e. The fourth-order valence-corrected chi connectivity index (χ4v) is 3.80. The summed E-state index contributed by atoms with van der Waals surface area (Å²) in [5.74, 6) is 1.16. The molecule has 0 aliphatic rings. The van der Waals surface area contributed by atoms with E-state index in [1.807, 2.05) is 24.3 Å². The van der Waals surface area contributed by atoms with Crippen LogP contribution in [0.1, 0.15) is 15.9 Å². The summed E-state index contributed by atoms with van der Waals surface area (Å²) in [6.07, 6.45) is 1.79. The Morgan fingerprint density at radius 2 is 2.00 bits per heavy atom. The van der Waals surface area contributed by atoms with Crippen molar-refractivity contribution in [1.82, 2.24) is 10.2 Å². The minimum atomic E-state index is -0.246. The monoisotopic (exact) mass is 417 g/mol. The molecule has 0 fully saturated rings. The van der Waals surface area contributed by atoms with Gasteiger partial charge in [-0.25, -0.2) is 0 Å². The van der Waals surface area contributed by atoms with Gasteiger partial charge in [0.05, 0.1) is 0 Å². The van der Waals surface area contributed by atoms with E-state index in [2.05, 4.69) is 22.1 Å². The third kappa shape index (κ3) is 5.56. The third-order valence-corrected chi connectivity index (χ3v) is 5.76. The van der Waals surface area contributed by atoms with E-state index in [1.54, 1.807) is 30.3 Å². The molecule has 0 saturated heterocycles. The SMILES string of the molecule is C=CCSc1nnc(NC(=O)c2ccc(OCc3ccccc3Cl)cc2)s1. The van der Waals surface area contributed by atoms with Crippen molar-refractivity contribution in [1.29, 1.82) is 0 Å². The molecule has 0 unspecified atom stereocenters. The Kier molecular flexibility index (Phi) is 6.86. The lowest BCUT2D eigenvalue weighted by molar-refractivity contribution is 0.102. The zero-order chi connectivity index (χ0) is 19.1. The van der Waals surface area contributed by atoms with Gasteiger partial charge < -0.3 is 4.74 Å². The molecular weight excluding hydrogens is 402 g/mol. The second kappa shape index (κ2) is 9.55. The Hall–Kier alpha value is -2.35. The fourth-order valence-electron chi connectivity index (χ4n) is 2.10. The molecule has 3 rings (SSSR count). The summed E-state index contributed by atoms with van der Waals surface area (Å²) in [6, 6.07) is 14.4. The molecule has 1 heterocycles. The molecule has 2 aromatic carbocycles. The van der Waals surface area contributed by atoms with E-state index < -0.39 is 0 Å². The lowest BCUT2D eigenvalue weighted by atomic mass is 10.2. The van der Waals surface area contributed by atoms with Crippen LogP contribution in [0.25, 0.3) is 0 Å². The molecule has 1 aromatic heterocycles. The van der Waals surface area contributed by atoms with Gasteiger partial charge in [-0.3, -0.25) is 10.1 Å². The maximum Gasteiger partial charge on any atom is 0.257 e. The first kappa shape index (κ1) is 19.4. The molecule has 0 atom stereocenters. The highest BCUT2D eigenvalue weighted by molar-refractivity contribution is 8.01. The molecule has 1 N–H and O–H groups in total. The van der Waals surface area contributed by atoms with E-state index in [9.17, 15) is 4.79 Å². The number of nitrogens with zero attached hydrogens (tertiary/aromatic N) is 2. The van der Waals surface area contributed by atoms with Crippen molar-refractivity contribution in [2.75, 3.05) is 11.1 Å². The van der Waals surface area contributed by atoms with Gasteiger partial charge in [-0.05, 0) is 30.3 Å². The topological polar surface area (TPSA) is 64.1 Å². The second-order valence-electron chi connectivity index (χ2n) is 5.33. The van der Waals surface area contributed by atoms with Crippen molar-refractivity contribution < 1.29 is 9.53 Å². The van der Waals surface area contributed by atoms with E-state index in [-0.39, 0.29) is 5.91 Å². The van der Waals surface area contributed by atoms with Crippen LogP contribution in [0.5, 0.6) is 5.75 Å². The highest BCUT2D eigenvalue weighted by Crippen LogP contribution is 2.26. The van der Waals surface area contributed by atoms with E-state index in [4.69, 9.17) is 16.3 Å². The average Bonchev–Trinajstić information content (AvgIpc) is 3.13. The number of hydrogen-bond donors (Lipinski definition) is 1. The van der Waals surface area contributed by atoms with Gasteiger partial charge >= 0.3 is 0 Å². The molecule has 0 bridgehead atoms. The molecule has 0 spiro atoms. The van der Waals surface area contributed by atoms with Crippen molar-refractivity contribution >= 4 is 45.7 Å². The molecule has 138 valence electrons. The summed E-state index contributed by atoms with van der Waals surface area (Å²) >= 11 is 8.96. The van der Waals surface area contributed by atoms with E-state index in [1.165, 1.54) is 23.1 Å². The van der Waals surface area contributed by atoms with Crippen LogP contribution in [0.15, 0.2) is 65.5 Å². The molecule has 0 aliphatic heterocycles. The molecule has 8 heteroatoms. The summed E-state index contributed by atoms with van der Waals surface area (Å²) in [7, 11) is 0. The highest BCUT2D eigenvalue weighted by Gasteiger charge is 2.11. The van der Waals surface area contributed by atoms with Crippen LogP contribution in [-0.4, -0.2) is 21.9 Å².